The molecule has 3 unspecified atom stereocenters. The lowest BCUT2D eigenvalue weighted by atomic mass is 10.0. The van der Waals surface area contributed by atoms with Gasteiger partial charge in [0.25, 0.3) is 0 Å². The molecule has 2 aromatic carbocycles. The average Bonchev–Trinajstić information content (AvgIpc) is 3.67. The second kappa shape index (κ2) is 25.1. The summed E-state index contributed by atoms with van der Waals surface area (Å²) in [6.45, 7) is 0.387. The number of aromatic amines is 1. The predicted octanol–water partition coefficient (Wildman–Crippen LogP) is -3.21. The molecule has 10 amide bonds. The van der Waals surface area contributed by atoms with Crippen LogP contribution in [-0.2, 0) is 60.8 Å². The Kier molecular flexibility index (Phi) is 19.4. The zero-order valence-electron chi connectivity index (χ0n) is 36.0. The number of nitrogens with two attached hydrogens (primary N) is 3. The number of fused-ring (bicyclic) bond motifs is 1. The topological polar surface area (TPSA) is 361 Å². The number of H-pyrrole nitrogens is 1. The molecule has 350 valence electrons. The van der Waals surface area contributed by atoms with Gasteiger partial charge in [-0.3, -0.25) is 47.9 Å². The minimum atomic E-state index is -1.64. The Bertz CT molecular complexity index is 2200. The number of primary amides is 2. The molecule has 22 nitrogen and oxygen atoms in total. The lowest BCUT2D eigenvalue weighted by Gasteiger charge is -2.26. The number of aromatic nitrogens is 1. The van der Waals surface area contributed by atoms with Gasteiger partial charge in [0.2, 0.25) is 59.1 Å². The monoisotopic (exact) mass is 902 g/mol. The highest BCUT2D eigenvalue weighted by Gasteiger charge is 2.33. The molecule has 1 fully saturated rings. The van der Waals surface area contributed by atoms with Crippen LogP contribution in [0.3, 0.4) is 0 Å². The number of carbonyl (C=O) groups is 10. The van der Waals surface area contributed by atoms with Gasteiger partial charge < -0.3 is 64.7 Å². The smallest absolute Gasteiger partial charge is 0.243 e. The molecule has 65 heavy (non-hydrogen) atoms. The van der Waals surface area contributed by atoms with E-state index in [9.17, 15) is 47.9 Å². The number of nitrogens with one attached hydrogen (secondary N) is 9. The van der Waals surface area contributed by atoms with E-state index in [1.165, 1.54) is 0 Å². The summed E-state index contributed by atoms with van der Waals surface area (Å²) in [5.41, 5.74) is 18.9. The highest BCUT2D eigenvalue weighted by atomic mass is 16.2. The van der Waals surface area contributed by atoms with Crippen molar-refractivity contribution >= 4 is 70.0 Å². The van der Waals surface area contributed by atoms with E-state index >= 15 is 0 Å². The third kappa shape index (κ3) is 16.4. The Balaban J connectivity index is 1.65. The Hall–Kier alpha value is -7.36. The molecule has 3 aromatic rings. The Morgan fingerprint density at radius 1 is 0.754 bits per heavy atom. The fourth-order valence-corrected chi connectivity index (χ4v) is 7.10. The van der Waals surface area contributed by atoms with Crippen LogP contribution < -0.4 is 59.7 Å². The third-order valence-electron chi connectivity index (χ3n) is 10.5. The van der Waals surface area contributed by atoms with Crippen LogP contribution in [0, 0.1) is 0 Å². The molecule has 0 radical (unpaired) electrons. The summed E-state index contributed by atoms with van der Waals surface area (Å²) in [6, 6.07) is 7.78. The van der Waals surface area contributed by atoms with Crippen LogP contribution >= 0.6 is 0 Å². The van der Waals surface area contributed by atoms with Crippen LogP contribution in [-0.4, -0.2) is 120 Å². The van der Waals surface area contributed by atoms with Crippen molar-refractivity contribution in [2.45, 2.75) is 101 Å². The predicted molar refractivity (Wildman–Crippen MR) is 235 cm³/mol. The van der Waals surface area contributed by atoms with Crippen molar-refractivity contribution in [1.29, 1.82) is 0 Å². The first kappa shape index (κ1) is 50.3. The highest BCUT2D eigenvalue weighted by molar-refractivity contribution is 5.98. The van der Waals surface area contributed by atoms with Crippen LogP contribution in [0.4, 0.5) is 0 Å². The normalized spacial score (nSPS) is 21.5. The van der Waals surface area contributed by atoms with Gasteiger partial charge in [0.05, 0.1) is 13.0 Å². The van der Waals surface area contributed by atoms with E-state index in [-0.39, 0.29) is 64.5 Å². The van der Waals surface area contributed by atoms with Crippen LogP contribution in [0.15, 0.2) is 60.8 Å². The summed E-state index contributed by atoms with van der Waals surface area (Å²) in [5.74, 6) is -8.07. The molecule has 0 spiro atoms. The summed E-state index contributed by atoms with van der Waals surface area (Å²) in [7, 11) is 0. The van der Waals surface area contributed by atoms with Crippen molar-refractivity contribution < 1.29 is 47.9 Å². The zero-order valence-corrected chi connectivity index (χ0v) is 36.0. The fraction of sp³-hybridized carbons (Fsp3) is 0.442. The minimum absolute atomic E-state index is 0.0172. The van der Waals surface area contributed by atoms with E-state index in [1.807, 2.05) is 24.3 Å². The lowest BCUT2D eigenvalue weighted by Crippen LogP contribution is -2.59. The van der Waals surface area contributed by atoms with E-state index < -0.39 is 108 Å². The first-order chi connectivity index (χ1) is 31.0. The van der Waals surface area contributed by atoms with Crippen LogP contribution in [0.1, 0.15) is 63.0 Å². The van der Waals surface area contributed by atoms with Crippen molar-refractivity contribution in [2.75, 3.05) is 19.6 Å². The summed E-state index contributed by atoms with van der Waals surface area (Å²) < 4.78 is 0. The molecule has 0 saturated carbocycles. The van der Waals surface area contributed by atoms with Crippen molar-refractivity contribution in [1.82, 2.24) is 47.5 Å². The molecular weight excluding hydrogens is 845 g/mol. The Labute approximate surface area is 374 Å². The molecule has 1 aliphatic heterocycles. The Morgan fingerprint density at radius 2 is 1.43 bits per heavy atom. The first-order valence-corrected chi connectivity index (χ1v) is 21.2. The molecule has 4 rings (SSSR count). The summed E-state index contributed by atoms with van der Waals surface area (Å²) in [4.78, 5) is 135. The van der Waals surface area contributed by atoms with E-state index in [1.54, 1.807) is 36.5 Å². The highest BCUT2D eigenvalue weighted by Crippen LogP contribution is 2.19. The van der Waals surface area contributed by atoms with Crippen molar-refractivity contribution in [2.24, 2.45) is 17.2 Å². The molecule has 2 heterocycles. The molecule has 1 saturated heterocycles. The third-order valence-corrected chi connectivity index (χ3v) is 10.5. The van der Waals surface area contributed by atoms with Gasteiger partial charge in [-0.1, -0.05) is 48.5 Å². The summed E-state index contributed by atoms with van der Waals surface area (Å²) >= 11 is 0. The number of amides is 10. The van der Waals surface area contributed by atoms with Gasteiger partial charge in [-0.2, -0.15) is 0 Å². The summed E-state index contributed by atoms with van der Waals surface area (Å²) in [6.07, 6.45) is 0.827. The molecular formula is C43H58N12O10. The van der Waals surface area contributed by atoms with Crippen LogP contribution in [0.5, 0.6) is 0 Å². The average molecular weight is 903 g/mol. The molecule has 0 bridgehead atoms. The number of rotatable bonds is 13. The van der Waals surface area contributed by atoms with Crippen LogP contribution in [0.2, 0.25) is 0 Å². The molecule has 1 aromatic heterocycles. The number of para-hydroxylation sites is 1. The fourth-order valence-electron chi connectivity index (χ4n) is 7.10. The van der Waals surface area contributed by atoms with Gasteiger partial charge in [0, 0.05) is 49.8 Å². The van der Waals surface area contributed by atoms with Gasteiger partial charge in [0.1, 0.15) is 36.3 Å². The van der Waals surface area contributed by atoms with Gasteiger partial charge >= 0.3 is 0 Å². The van der Waals surface area contributed by atoms with E-state index in [0.29, 0.717) is 11.1 Å². The second-order valence-corrected chi connectivity index (χ2v) is 15.6. The molecule has 0 aliphatic carbocycles. The SMILES string of the molecule is CC(=O)N[C@@H](CCC(N)=O)C(=O)NC1CC(=O)NCCCCC(C(N)=O)NC(=O)[C@H](Cc2c[nH]c3ccccc23)NC(=O)CNC(=O)C(Cc2ccccc2)NC(=O)[C@H](CCN)NC1=O. The maximum Gasteiger partial charge on any atom is 0.243 e. The van der Waals surface area contributed by atoms with Crippen molar-refractivity contribution in [3.05, 3.63) is 71.9 Å². The van der Waals surface area contributed by atoms with Gasteiger partial charge in [-0.05, 0) is 55.8 Å². The maximum atomic E-state index is 13.9. The molecule has 22 heteroatoms. The molecule has 1 aliphatic rings. The van der Waals surface area contributed by atoms with Gasteiger partial charge in [0.15, 0.2) is 0 Å². The second-order valence-electron chi connectivity index (χ2n) is 15.6. The maximum absolute atomic E-state index is 13.9. The standard InChI is InChI=1S/C43H58N12O10/c1-24(56)50-30(14-15-35(45)57)40(62)55-34-21-36(58)47-18-8-7-13-29(38(46)60)52-42(64)33(20-26-22-48-28-12-6-5-11-27(26)28)51-37(59)23-49-39(61)32(19-25-9-3-2-4-10-25)54-41(63)31(16-17-44)53-43(34)65/h2-6,9-12,22,29-34,48H,7-8,13-21,23,44H2,1H3,(H2,45,57)(H2,46,60)(H,47,58)(H,49,61)(H,50,56)(H,51,59)(H,52,64)(H,53,65)(H,54,63)(H,55,62)/t29?,30-,31-,32?,33-,34?/m0/s1. The lowest BCUT2D eigenvalue weighted by molar-refractivity contribution is -0.136. The minimum Gasteiger partial charge on any atom is -0.370 e. The van der Waals surface area contributed by atoms with Crippen LogP contribution in [0.25, 0.3) is 10.9 Å². The quantitative estimate of drug-likeness (QED) is 0.0810. The number of hydrogen-bond donors (Lipinski definition) is 12. The van der Waals surface area contributed by atoms with E-state index in [4.69, 9.17) is 17.2 Å². The largest absolute Gasteiger partial charge is 0.370 e. The van der Waals surface area contributed by atoms with Crippen molar-refractivity contribution in [3.63, 3.8) is 0 Å². The number of hydrogen-bond acceptors (Lipinski definition) is 11. The molecule has 6 atom stereocenters. The number of benzene rings is 2. The van der Waals surface area contributed by atoms with E-state index in [0.717, 1.165) is 17.8 Å². The van der Waals surface area contributed by atoms with Crippen molar-refractivity contribution in [3.8, 4) is 0 Å². The molecule has 15 N–H and O–H groups in total. The van der Waals surface area contributed by atoms with E-state index in [2.05, 4.69) is 47.5 Å². The van der Waals surface area contributed by atoms with Gasteiger partial charge in [-0.15, -0.1) is 0 Å². The van der Waals surface area contributed by atoms with Gasteiger partial charge in [-0.25, -0.2) is 0 Å². The first-order valence-electron chi connectivity index (χ1n) is 21.2. The Morgan fingerprint density at radius 3 is 2.12 bits per heavy atom. The number of carbonyl (C=O) groups excluding carboxylic acids is 10. The zero-order chi connectivity index (χ0) is 47.5. The summed E-state index contributed by atoms with van der Waals surface area (Å²) in [5, 5.41) is 21.1.